The lowest BCUT2D eigenvalue weighted by molar-refractivity contribution is -0.137. The van der Waals surface area contributed by atoms with Crippen LogP contribution < -0.4 is 0 Å². The Morgan fingerprint density at radius 3 is 2.70 bits per heavy atom. The molecule has 0 atom stereocenters. The van der Waals surface area contributed by atoms with E-state index in [1.54, 1.807) is 10.9 Å². The van der Waals surface area contributed by atoms with Gasteiger partial charge in [0, 0.05) is 25.9 Å². The van der Waals surface area contributed by atoms with Gasteiger partial charge in [0.15, 0.2) is 0 Å². The van der Waals surface area contributed by atoms with Crippen molar-refractivity contribution in [2.24, 2.45) is 0 Å². The number of ether oxygens (including phenoxy) is 1. The minimum atomic E-state index is -0.968. The normalized spacial score (nSPS) is 15.8. The minimum absolute atomic E-state index is 0.0339. The number of nitrogens with zero attached hydrogens (tertiary/aromatic N) is 3. The molecule has 0 aliphatic carbocycles. The third-order valence-corrected chi connectivity index (χ3v) is 4.16. The summed E-state index contributed by atoms with van der Waals surface area (Å²) in [5.74, 6) is -0.935. The van der Waals surface area contributed by atoms with Gasteiger partial charge in [-0.3, -0.25) is 9.48 Å². The second-order valence-electron chi connectivity index (χ2n) is 5.89. The minimum Gasteiger partial charge on any atom is -0.478 e. The van der Waals surface area contributed by atoms with Crippen LogP contribution in [0.2, 0.25) is 0 Å². The Balaban J connectivity index is 1.72. The first-order valence-corrected chi connectivity index (χ1v) is 8.24. The van der Waals surface area contributed by atoms with Crippen molar-refractivity contribution < 1.29 is 19.4 Å². The molecular formula is C16H25N3O4. The molecule has 0 unspecified atom stereocenters. The Hall–Kier alpha value is -1.89. The lowest BCUT2D eigenvalue weighted by atomic mass is 10.1. The number of carboxylic acid groups (broad SMARTS) is 1. The zero-order valence-electron chi connectivity index (χ0n) is 13.6. The lowest BCUT2D eigenvalue weighted by Crippen LogP contribution is -2.41. The number of rotatable bonds is 8. The summed E-state index contributed by atoms with van der Waals surface area (Å²) in [6.07, 6.45) is 7.75. The van der Waals surface area contributed by atoms with Crippen LogP contribution in [-0.4, -0.2) is 58.0 Å². The van der Waals surface area contributed by atoms with Gasteiger partial charge in [0.2, 0.25) is 5.91 Å². The molecule has 1 aromatic rings. The summed E-state index contributed by atoms with van der Waals surface area (Å²) in [4.78, 5) is 24.8. The van der Waals surface area contributed by atoms with Crippen LogP contribution in [0.5, 0.6) is 0 Å². The van der Waals surface area contributed by atoms with Crippen LogP contribution in [0.15, 0.2) is 12.4 Å². The highest BCUT2D eigenvalue weighted by atomic mass is 16.5. The summed E-state index contributed by atoms with van der Waals surface area (Å²) in [5.41, 5.74) is 0.198. The zero-order chi connectivity index (χ0) is 16.7. The summed E-state index contributed by atoms with van der Waals surface area (Å²) < 4.78 is 7.12. The molecule has 1 aromatic heterocycles. The van der Waals surface area contributed by atoms with Gasteiger partial charge >= 0.3 is 5.97 Å². The molecular weight excluding hydrogens is 298 g/mol. The van der Waals surface area contributed by atoms with Crippen LogP contribution in [0.1, 0.15) is 55.4 Å². The van der Waals surface area contributed by atoms with E-state index in [-0.39, 0.29) is 24.1 Å². The van der Waals surface area contributed by atoms with Crippen molar-refractivity contribution in [3.63, 3.8) is 0 Å². The number of piperidine rings is 1. The summed E-state index contributed by atoms with van der Waals surface area (Å²) in [6.45, 7) is 4.24. The van der Waals surface area contributed by atoms with E-state index in [0.29, 0.717) is 19.7 Å². The van der Waals surface area contributed by atoms with Crippen molar-refractivity contribution in [2.75, 3.05) is 26.3 Å². The van der Waals surface area contributed by atoms with Gasteiger partial charge < -0.3 is 14.7 Å². The van der Waals surface area contributed by atoms with Crippen molar-refractivity contribution >= 4 is 11.9 Å². The van der Waals surface area contributed by atoms with Gasteiger partial charge in [0.05, 0.1) is 17.8 Å². The van der Waals surface area contributed by atoms with Gasteiger partial charge in [-0.1, -0.05) is 19.8 Å². The van der Waals surface area contributed by atoms with Crippen LogP contribution in [0, 0.1) is 0 Å². The van der Waals surface area contributed by atoms with E-state index < -0.39 is 5.97 Å². The molecule has 128 valence electrons. The number of carbonyl (C=O) groups excluding carboxylic acids is 1. The lowest BCUT2D eigenvalue weighted by Gasteiger charge is -2.32. The Labute approximate surface area is 136 Å². The molecule has 0 spiro atoms. The number of hydrogen-bond donors (Lipinski definition) is 1. The van der Waals surface area contributed by atoms with Gasteiger partial charge in [0.25, 0.3) is 0 Å². The number of hydrogen-bond acceptors (Lipinski definition) is 4. The average molecular weight is 323 g/mol. The SMILES string of the molecule is CCCCCOCC(=O)N1CCC(n2cc(C(=O)O)cn2)CC1. The van der Waals surface area contributed by atoms with E-state index in [2.05, 4.69) is 12.0 Å². The summed E-state index contributed by atoms with van der Waals surface area (Å²) in [5, 5.41) is 13.0. The van der Waals surface area contributed by atoms with Crippen molar-refractivity contribution in [3.8, 4) is 0 Å². The first-order chi connectivity index (χ1) is 11.1. The van der Waals surface area contributed by atoms with Gasteiger partial charge in [-0.15, -0.1) is 0 Å². The van der Waals surface area contributed by atoms with E-state index >= 15 is 0 Å². The number of carboxylic acids is 1. The van der Waals surface area contributed by atoms with Crippen molar-refractivity contribution in [1.29, 1.82) is 0 Å². The van der Waals surface area contributed by atoms with Crippen molar-refractivity contribution in [1.82, 2.24) is 14.7 Å². The van der Waals surface area contributed by atoms with E-state index in [4.69, 9.17) is 9.84 Å². The molecule has 0 bridgehead atoms. The van der Waals surface area contributed by atoms with E-state index in [1.165, 1.54) is 6.20 Å². The number of likely N-dealkylation sites (tertiary alicyclic amines) is 1. The Morgan fingerprint density at radius 1 is 1.35 bits per heavy atom. The maximum absolute atomic E-state index is 12.1. The molecule has 1 aliphatic heterocycles. The first-order valence-electron chi connectivity index (χ1n) is 8.24. The highest BCUT2D eigenvalue weighted by molar-refractivity contribution is 5.86. The first kappa shape index (κ1) is 17.5. The number of aromatic carboxylic acids is 1. The third kappa shape index (κ3) is 5.06. The van der Waals surface area contributed by atoms with Gasteiger partial charge in [-0.25, -0.2) is 4.79 Å². The van der Waals surface area contributed by atoms with Crippen molar-refractivity contribution in [3.05, 3.63) is 18.0 Å². The van der Waals surface area contributed by atoms with Crippen LogP contribution in [0.3, 0.4) is 0 Å². The zero-order valence-corrected chi connectivity index (χ0v) is 13.6. The number of unbranched alkanes of at least 4 members (excludes halogenated alkanes) is 2. The monoisotopic (exact) mass is 323 g/mol. The summed E-state index contributed by atoms with van der Waals surface area (Å²) in [7, 11) is 0. The maximum atomic E-state index is 12.1. The van der Waals surface area contributed by atoms with Crippen LogP contribution in [0.25, 0.3) is 0 Å². The number of amides is 1. The van der Waals surface area contributed by atoms with Gasteiger partial charge in [-0.05, 0) is 19.3 Å². The maximum Gasteiger partial charge on any atom is 0.338 e. The van der Waals surface area contributed by atoms with Crippen molar-refractivity contribution in [2.45, 2.75) is 45.1 Å². The molecule has 7 heteroatoms. The molecule has 0 aromatic carbocycles. The fourth-order valence-corrected chi connectivity index (χ4v) is 2.73. The predicted octanol–water partition coefficient (Wildman–Crippen LogP) is 1.95. The molecule has 7 nitrogen and oxygen atoms in total. The van der Waals surface area contributed by atoms with Gasteiger partial charge in [0.1, 0.15) is 6.61 Å². The average Bonchev–Trinajstić information content (AvgIpc) is 3.05. The predicted molar refractivity (Wildman–Crippen MR) is 84.4 cm³/mol. The second-order valence-corrected chi connectivity index (χ2v) is 5.89. The fraction of sp³-hybridized carbons (Fsp3) is 0.688. The number of aromatic nitrogens is 2. The molecule has 1 saturated heterocycles. The van der Waals surface area contributed by atoms with Crippen LogP contribution >= 0.6 is 0 Å². The molecule has 23 heavy (non-hydrogen) atoms. The highest BCUT2D eigenvalue weighted by Gasteiger charge is 2.24. The molecule has 1 N–H and O–H groups in total. The molecule has 0 radical (unpaired) electrons. The summed E-state index contributed by atoms with van der Waals surface area (Å²) >= 11 is 0. The van der Waals surface area contributed by atoms with Crippen LogP contribution in [0.4, 0.5) is 0 Å². The largest absolute Gasteiger partial charge is 0.478 e. The van der Waals surface area contributed by atoms with Crippen LogP contribution in [-0.2, 0) is 9.53 Å². The smallest absolute Gasteiger partial charge is 0.338 e. The molecule has 1 fully saturated rings. The molecule has 2 rings (SSSR count). The fourth-order valence-electron chi connectivity index (χ4n) is 2.73. The van der Waals surface area contributed by atoms with Gasteiger partial charge in [-0.2, -0.15) is 5.10 Å². The molecule has 1 amide bonds. The number of carbonyl (C=O) groups is 2. The third-order valence-electron chi connectivity index (χ3n) is 4.16. The Morgan fingerprint density at radius 2 is 2.09 bits per heavy atom. The van der Waals surface area contributed by atoms with E-state index in [1.807, 2.05) is 4.90 Å². The standard InChI is InChI=1S/C16H25N3O4/c1-2-3-4-9-23-12-15(20)18-7-5-14(6-8-18)19-11-13(10-17-19)16(21)22/h10-11,14H,2-9,12H2,1H3,(H,21,22). The van der Waals surface area contributed by atoms with E-state index in [0.717, 1.165) is 32.1 Å². The highest BCUT2D eigenvalue weighted by Crippen LogP contribution is 2.22. The molecule has 2 heterocycles. The summed E-state index contributed by atoms with van der Waals surface area (Å²) in [6, 6.07) is 0.151. The molecule has 1 aliphatic rings. The topological polar surface area (TPSA) is 84.7 Å². The Bertz CT molecular complexity index is 521. The molecule has 0 saturated carbocycles. The second kappa shape index (κ2) is 8.67. The van der Waals surface area contributed by atoms with E-state index in [9.17, 15) is 9.59 Å². The quantitative estimate of drug-likeness (QED) is 0.739. The Kier molecular flexibility index (Phi) is 6.58.